The zero-order chi connectivity index (χ0) is 21.0. The number of alkyl halides is 3. The monoisotopic (exact) mass is 416 g/mol. The van der Waals surface area contributed by atoms with Crippen LogP contribution in [0, 0.1) is 0 Å². The van der Waals surface area contributed by atoms with Crippen LogP contribution >= 0.6 is 0 Å². The van der Waals surface area contributed by atoms with Crippen molar-refractivity contribution in [2.24, 2.45) is 0 Å². The van der Waals surface area contributed by atoms with E-state index in [4.69, 9.17) is 4.74 Å². The molecule has 1 aliphatic rings. The number of likely N-dealkylation sites (tertiary alicyclic amines) is 1. The fourth-order valence-corrected chi connectivity index (χ4v) is 3.77. The molecule has 5 nitrogen and oxygen atoms in total. The van der Waals surface area contributed by atoms with Gasteiger partial charge in [0.1, 0.15) is 5.75 Å². The molecule has 1 saturated heterocycles. The first-order valence-electron chi connectivity index (χ1n) is 9.97. The second kappa shape index (κ2) is 8.87. The van der Waals surface area contributed by atoms with E-state index in [0.29, 0.717) is 6.42 Å². The van der Waals surface area contributed by atoms with Crippen LogP contribution in [-0.2, 0) is 19.1 Å². The van der Waals surface area contributed by atoms with Gasteiger partial charge in [-0.3, -0.25) is 15.0 Å². The second-order valence-electron chi connectivity index (χ2n) is 7.39. The van der Waals surface area contributed by atoms with E-state index in [1.807, 2.05) is 24.3 Å². The van der Waals surface area contributed by atoms with Gasteiger partial charge in [0.15, 0.2) is 0 Å². The molecule has 1 fully saturated rings. The lowest BCUT2D eigenvalue weighted by atomic mass is 10.1. The van der Waals surface area contributed by atoms with E-state index < -0.39 is 11.7 Å². The van der Waals surface area contributed by atoms with Crippen LogP contribution in [0.3, 0.4) is 0 Å². The summed E-state index contributed by atoms with van der Waals surface area (Å²) in [5.41, 5.74) is 2.21. The number of nitrogens with one attached hydrogen (secondary N) is 1. The quantitative estimate of drug-likeness (QED) is 0.602. The number of ether oxygens (including phenoxy) is 1. The molecule has 0 aliphatic carbocycles. The summed E-state index contributed by atoms with van der Waals surface area (Å²) >= 11 is 0. The van der Waals surface area contributed by atoms with E-state index in [2.05, 4.69) is 20.1 Å². The predicted octanol–water partition coefficient (Wildman–Crippen LogP) is 4.78. The number of rotatable bonds is 7. The van der Waals surface area contributed by atoms with Crippen molar-refractivity contribution in [1.82, 2.24) is 20.1 Å². The summed E-state index contributed by atoms with van der Waals surface area (Å²) < 4.78 is 43.9. The topological polar surface area (TPSA) is 54.0 Å². The van der Waals surface area contributed by atoms with Crippen LogP contribution in [0.15, 0.2) is 54.7 Å². The zero-order valence-corrected chi connectivity index (χ0v) is 16.4. The Balaban J connectivity index is 1.33. The molecular weight excluding hydrogens is 393 g/mol. The fraction of sp³-hybridized carbons (Fsp3) is 0.364. The van der Waals surface area contributed by atoms with Crippen LogP contribution < -0.4 is 4.74 Å². The minimum atomic E-state index is -4.37. The Labute approximate surface area is 172 Å². The van der Waals surface area contributed by atoms with Crippen LogP contribution in [0.2, 0.25) is 0 Å². The molecule has 0 unspecified atom stereocenters. The third kappa shape index (κ3) is 4.99. The normalized spacial score (nSPS) is 17.4. The highest BCUT2D eigenvalue weighted by atomic mass is 19.4. The number of H-pyrrole nitrogens is 1. The SMILES string of the molecule is FC(F)(F)c1cccc(OCCc2cc([C@@H]3CCCN3Cc3ccccn3)n[nH]2)c1. The maximum atomic E-state index is 12.8. The molecule has 1 aromatic carbocycles. The van der Waals surface area contributed by atoms with Gasteiger partial charge in [0.2, 0.25) is 0 Å². The van der Waals surface area contributed by atoms with E-state index in [1.165, 1.54) is 12.1 Å². The van der Waals surface area contributed by atoms with Crippen molar-refractivity contribution in [1.29, 1.82) is 0 Å². The summed E-state index contributed by atoms with van der Waals surface area (Å²) in [7, 11) is 0. The van der Waals surface area contributed by atoms with Gasteiger partial charge in [-0.15, -0.1) is 0 Å². The minimum absolute atomic E-state index is 0.210. The molecule has 158 valence electrons. The maximum absolute atomic E-state index is 12.8. The number of benzene rings is 1. The second-order valence-corrected chi connectivity index (χ2v) is 7.39. The van der Waals surface area contributed by atoms with Crippen molar-refractivity contribution in [2.45, 2.75) is 38.0 Å². The number of halogens is 3. The Morgan fingerprint density at radius 2 is 2.03 bits per heavy atom. The summed E-state index contributed by atoms with van der Waals surface area (Å²) in [5, 5.41) is 7.51. The predicted molar refractivity (Wildman–Crippen MR) is 106 cm³/mol. The Kier molecular flexibility index (Phi) is 6.03. The van der Waals surface area contributed by atoms with Crippen LogP contribution in [-0.4, -0.2) is 33.2 Å². The van der Waals surface area contributed by atoms with Gasteiger partial charge in [0.25, 0.3) is 0 Å². The van der Waals surface area contributed by atoms with Gasteiger partial charge in [0, 0.05) is 24.9 Å². The molecule has 2 aromatic heterocycles. The van der Waals surface area contributed by atoms with E-state index in [1.54, 1.807) is 6.20 Å². The first-order valence-corrected chi connectivity index (χ1v) is 9.97. The van der Waals surface area contributed by atoms with Gasteiger partial charge in [-0.1, -0.05) is 12.1 Å². The molecule has 8 heteroatoms. The summed E-state index contributed by atoms with van der Waals surface area (Å²) in [6.07, 6.45) is 0.115. The Morgan fingerprint density at radius 1 is 1.13 bits per heavy atom. The summed E-state index contributed by atoms with van der Waals surface area (Å²) in [4.78, 5) is 6.79. The zero-order valence-electron chi connectivity index (χ0n) is 16.4. The molecular formula is C22H23F3N4O. The van der Waals surface area contributed by atoms with Crippen molar-refractivity contribution in [2.75, 3.05) is 13.2 Å². The highest BCUT2D eigenvalue weighted by molar-refractivity contribution is 5.30. The third-order valence-electron chi connectivity index (χ3n) is 5.25. The fourth-order valence-electron chi connectivity index (χ4n) is 3.77. The van der Waals surface area contributed by atoms with Crippen LogP contribution in [0.1, 0.15) is 41.5 Å². The van der Waals surface area contributed by atoms with E-state index >= 15 is 0 Å². The van der Waals surface area contributed by atoms with Crippen LogP contribution in [0.4, 0.5) is 13.2 Å². The summed E-state index contributed by atoms with van der Waals surface area (Å²) in [6.45, 7) is 2.06. The number of aromatic amines is 1. The van der Waals surface area contributed by atoms with Crippen molar-refractivity contribution >= 4 is 0 Å². The average Bonchev–Trinajstić information content (AvgIpc) is 3.38. The van der Waals surface area contributed by atoms with Gasteiger partial charge < -0.3 is 4.74 Å². The van der Waals surface area contributed by atoms with Crippen LogP contribution in [0.25, 0.3) is 0 Å². The van der Waals surface area contributed by atoms with E-state index in [-0.39, 0.29) is 18.4 Å². The molecule has 4 rings (SSSR count). The number of hydrogen-bond donors (Lipinski definition) is 1. The molecule has 0 radical (unpaired) electrons. The average molecular weight is 416 g/mol. The molecule has 0 saturated carbocycles. The lowest BCUT2D eigenvalue weighted by Gasteiger charge is -2.22. The van der Waals surface area contributed by atoms with Crippen molar-refractivity contribution in [3.8, 4) is 5.75 Å². The molecule has 30 heavy (non-hydrogen) atoms. The Bertz CT molecular complexity index is 958. The molecule has 0 bridgehead atoms. The number of hydrogen-bond acceptors (Lipinski definition) is 4. The molecule has 0 amide bonds. The lowest BCUT2D eigenvalue weighted by Crippen LogP contribution is -2.23. The lowest BCUT2D eigenvalue weighted by molar-refractivity contribution is -0.137. The van der Waals surface area contributed by atoms with Gasteiger partial charge in [-0.05, 0) is 55.8 Å². The molecule has 0 spiro atoms. The first kappa shape index (κ1) is 20.4. The highest BCUT2D eigenvalue weighted by Gasteiger charge is 2.30. The number of nitrogens with zero attached hydrogens (tertiary/aromatic N) is 3. The summed E-state index contributed by atoms with van der Waals surface area (Å²) in [5.74, 6) is 0.210. The van der Waals surface area contributed by atoms with Crippen molar-refractivity contribution < 1.29 is 17.9 Å². The van der Waals surface area contributed by atoms with E-state index in [0.717, 1.165) is 55.1 Å². The largest absolute Gasteiger partial charge is 0.493 e. The summed E-state index contributed by atoms with van der Waals surface area (Å²) in [6, 6.07) is 13.1. The Hall–Kier alpha value is -2.87. The molecule has 1 atom stereocenters. The molecule has 1 N–H and O–H groups in total. The smallest absolute Gasteiger partial charge is 0.416 e. The van der Waals surface area contributed by atoms with Gasteiger partial charge >= 0.3 is 6.18 Å². The highest BCUT2D eigenvalue weighted by Crippen LogP contribution is 2.33. The Morgan fingerprint density at radius 3 is 2.83 bits per heavy atom. The number of aromatic nitrogens is 3. The van der Waals surface area contributed by atoms with Gasteiger partial charge in [-0.25, -0.2) is 0 Å². The molecule has 1 aliphatic heterocycles. The van der Waals surface area contributed by atoms with Gasteiger partial charge in [0.05, 0.1) is 29.6 Å². The van der Waals surface area contributed by atoms with Gasteiger partial charge in [-0.2, -0.15) is 18.3 Å². The first-order chi connectivity index (χ1) is 14.5. The third-order valence-corrected chi connectivity index (χ3v) is 5.25. The van der Waals surface area contributed by atoms with Crippen molar-refractivity contribution in [3.05, 3.63) is 77.4 Å². The number of pyridine rings is 1. The molecule has 3 heterocycles. The van der Waals surface area contributed by atoms with Crippen molar-refractivity contribution in [3.63, 3.8) is 0 Å². The standard InChI is InChI=1S/C22H23F3N4O/c23-22(24,25)16-5-3-7-19(13-16)30-12-9-17-14-20(28-27-17)21-8-4-11-29(21)15-18-6-1-2-10-26-18/h1-3,5-7,10,13-14,21H,4,8-9,11-12,15H2,(H,27,28)/t21-/m0/s1. The van der Waals surface area contributed by atoms with E-state index in [9.17, 15) is 13.2 Å². The van der Waals surface area contributed by atoms with Crippen LogP contribution in [0.5, 0.6) is 5.75 Å². The minimum Gasteiger partial charge on any atom is -0.493 e. The molecule has 3 aromatic rings. The maximum Gasteiger partial charge on any atom is 0.416 e.